The number of benzene rings is 1. The van der Waals surface area contributed by atoms with Gasteiger partial charge in [-0.15, -0.1) is 0 Å². The van der Waals surface area contributed by atoms with Gasteiger partial charge in [-0.25, -0.2) is 12.8 Å². The molecule has 0 amide bonds. The Morgan fingerprint density at radius 1 is 1.24 bits per heavy atom. The Morgan fingerprint density at radius 3 is 2.62 bits per heavy atom. The second-order valence-corrected chi connectivity index (χ2v) is 7.37. The molecule has 0 aromatic heterocycles. The van der Waals surface area contributed by atoms with E-state index in [1.807, 2.05) is 7.05 Å². The Kier molecular flexibility index (Phi) is 4.98. The van der Waals surface area contributed by atoms with E-state index in [-0.39, 0.29) is 17.0 Å². The van der Waals surface area contributed by atoms with Crippen LogP contribution in [0.2, 0.25) is 0 Å². The molecule has 118 valence electrons. The van der Waals surface area contributed by atoms with Gasteiger partial charge in [0.2, 0.25) is 10.0 Å². The fourth-order valence-corrected chi connectivity index (χ4v) is 4.25. The van der Waals surface area contributed by atoms with Crippen molar-refractivity contribution in [1.29, 1.82) is 0 Å². The molecular formula is C14H22FN3O2S. The number of nitrogens with zero attached hydrogens (tertiary/aromatic N) is 2. The van der Waals surface area contributed by atoms with E-state index < -0.39 is 15.8 Å². The summed E-state index contributed by atoms with van der Waals surface area (Å²) in [5.74, 6) is -0.525. The van der Waals surface area contributed by atoms with Gasteiger partial charge in [0, 0.05) is 31.7 Å². The number of halogens is 1. The zero-order chi connectivity index (χ0) is 15.6. The first-order valence-corrected chi connectivity index (χ1v) is 8.48. The highest BCUT2D eigenvalue weighted by Gasteiger charge is 2.28. The molecule has 2 rings (SSSR count). The van der Waals surface area contributed by atoms with Gasteiger partial charge in [0.25, 0.3) is 0 Å². The number of rotatable bonds is 3. The van der Waals surface area contributed by atoms with Gasteiger partial charge in [-0.2, -0.15) is 4.31 Å². The van der Waals surface area contributed by atoms with Crippen molar-refractivity contribution in [3.63, 3.8) is 0 Å². The quantitative estimate of drug-likeness (QED) is 0.901. The molecule has 1 fully saturated rings. The van der Waals surface area contributed by atoms with Crippen LogP contribution in [0.5, 0.6) is 0 Å². The molecule has 0 aliphatic carbocycles. The summed E-state index contributed by atoms with van der Waals surface area (Å²) in [6.07, 6.45) is 0.772. The van der Waals surface area contributed by atoms with Crippen molar-refractivity contribution in [2.45, 2.75) is 24.8 Å². The SMILES string of the molecule is Cc1c(F)cc(CN)cc1S(=O)(=O)N1CCCN(C)CC1. The summed E-state index contributed by atoms with van der Waals surface area (Å²) in [6.45, 7) is 4.03. The average molecular weight is 315 g/mol. The zero-order valence-electron chi connectivity index (χ0n) is 12.5. The molecule has 0 spiro atoms. The Morgan fingerprint density at radius 2 is 1.95 bits per heavy atom. The van der Waals surface area contributed by atoms with Crippen LogP contribution in [0.15, 0.2) is 17.0 Å². The molecule has 1 heterocycles. The molecule has 1 aliphatic heterocycles. The highest BCUT2D eigenvalue weighted by atomic mass is 32.2. The van der Waals surface area contributed by atoms with Gasteiger partial charge < -0.3 is 10.6 Å². The molecule has 5 nitrogen and oxygen atoms in total. The van der Waals surface area contributed by atoms with Gasteiger partial charge >= 0.3 is 0 Å². The van der Waals surface area contributed by atoms with E-state index in [0.717, 1.165) is 13.0 Å². The first kappa shape index (κ1) is 16.4. The van der Waals surface area contributed by atoms with E-state index in [9.17, 15) is 12.8 Å². The van der Waals surface area contributed by atoms with E-state index in [4.69, 9.17) is 5.73 Å². The maximum atomic E-state index is 13.9. The lowest BCUT2D eigenvalue weighted by molar-refractivity contribution is 0.347. The molecule has 0 radical (unpaired) electrons. The van der Waals surface area contributed by atoms with Crippen LogP contribution < -0.4 is 5.73 Å². The monoisotopic (exact) mass is 315 g/mol. The fraction of sp³-hybridized carbons (Fsp3) is 0.571. The third-order valence-electron chi connectivity index (χ3n) is 3.89. The van der Waals surface area contributed by atoms with Crippen LogP contribution in [0, 0.1) is 12.7 Å². The van der Waals surface area contributed by atoms with Gasteiger partial charge in [0.1, 0.15) is 5.82 Å². The van der Waals surface area contributed by atoms with Gasteiger partial charge in [0.05, 0.1) is 4.90 Å². The Labute approximate surface area is 125 Å². The van der Waals surface area contributed by atoms with Crippen LogP contribution in [-0.2, 0) is 16.6 Å². The molecule has 0 bridgehead atoms. The normalized spacial score (nSPS) is 18.7. The Hall–Kier alpha value is -1.02. The molecule has 1 aromatic carbocycles. The van der Waals surface area contributed by atoms with Crippen LogP contribution in [0.3, 0.4) is 0 Å². The number of hydrogen-bond acceptors (Lipinski definition) is 4. The average Bonchev–Trinajstić information content (AvgIpc) is 2.66. The van der Waals surface area contributed by atoms with E-state index in [1.165, 1.54) is 23.4 Å². The highest BCUT2D eigenvalue weighted by Crippen LogP contribution is 2.24. The van der Waals surface area contributed by atoms with Crippen molar-refractivity contribution in [2.75, 3.05) is 33.2 Å². The predicted molar refractivity (Wildman–Crippen MR) is 79.9 cm³/mol. The second kappa shape index (κ2) is 6.39. The Bertz CT molecular complexity index is 619. The summed E-state index contributed by atoms with van der Waals surface area (Å²) in [6, 6.07) is 2.78. The van der Waals surface area contributed by atoms with Crippen molar-refractivity contribution in [3.8, 4) is 0 Å². The minimum Gasteiger partial charge on any atom is -0.326 e. The fourth-order valence-electron chi connectivity index (χ4n) is 2.50. The summed E-state index contributed by atoms with van der Waals surface area (Å²) < 4.78 is 40.9. The van der Waals surface area contributed by atoms with Crippen molar-refractivity contribution in [1.82, 2.24) is 9.21 Å². The van der Waals surface area contributed by atoms with Crippen molar-refractivity contribution >= 4 is 10.0 Å². The smallest absolute Gasteiger partial charge is 0.243 e. The lowest BCUT2D eigenvalue weighted by atomic mass is 10.1. The summed E-state index contributed by atoms with van der Waals surface area (Å²) in [7, 11) is -1.72. The number of hydrogen-bond donors (Lipinski definition) is 1. The third kappa shape index (κ3) is 3.42. The maximum absolute atomic E-state index is 13.9. The van der Waals surface area contributed by atoms with E-state index in [1.54, 1.807) is 0 Å². The van der Waals surface area contributed by atoms with E-state index in [2.05, 4.69) is 4.90 Å². The van der Waals surface area contributed by atoms with Gasteiger partial charge in [-0.05, 0) is 44.6 Å². The minimum atomic E-state index is -3.68. The first-order valence-electron chi connectivity index (χ1n) is 7.04. The van der Waals surface area contributed by atoms with Crippen LogP contribution >= 0.6 is 0 Å². The Balaban J connectivity index is 2.41. The van der Waals surface area contributed by atoms with Crippen molar-refractivity contribution < 1.29 is 12.8 Å². The maximum Gasteiger partial charge on any atom is 0.243 e. The molecule has 1 aromatic rings. The largest absolute Gasteiger partial charge is 0.326 e. The van der Waals surface area contributed by atoms with Crippen LogP contribution in [0.4, 0.5) is 4.39 Å². The summed E-state index contributed by atoms with van der Waals surface area (Å²) in [5, 5.41) is 0. The standard InChI is InChI=1S/C14H22FN3O2S/c1-11-13(15)8-12(10-16)9-14(11)21(19,20)18-5-3-4-17(2)6-7-18/h8-9H,3-7,10,16H2,1-2H3. The van der Waals surface area contributed by atoms with Crippen molar-refractivity contribution in [2.24, 2.45) is 5.73 Å². The summed E-state index contributed by atoms with van der Waals surface area (Å²) in [5.41, 5.74) is 6.17. The molecule has 1 saturated heterocycles. The molecule has 7 heteroatoms. The topological polar surface area (TPSA) is 66.6 Å². The number of likely N-dealkylation sites (N-methyl/N-ethyl adjacent to an activating group) is 1. The third-order valence-corrected chi connectivity index (χ3v) is 5.91. The van der Waals surface area contributed by atoms with Crippen LogP contribution in [0.25, 0.3) is 0 Å². The molecule has 2 N–H and O–H groups in total. The first-order chi connectivity index (χ1) is 9.86. The highest BCUT2D eigenvalue weighted by molar-refractivity contribution is 7.89. The lowest BCUT2D eigenvalue weighted by Crippen LogP contribution is -2.35. The minimum absolute atomic E-state index is 0.0347. The van der Waals surface area contributed by atoms with Gasteiger partial charge in [-0.1, -0.05) is 0 Å². The molecule has 0 atom stereocenters. The molecular weight excluding hydrogens is 293 g/mol. The number of nitrogens with two attached hydrogens (primary N) is 1. The zero-order valence-corrected chi connectivity index (χ0v) is 13.3. The molecule has 1 aliphatic rings. The van der Waals surface area contributed by atoms with Crippen molar-refractivity contribution in [3.05, 3.63) is 29.1 Å². The van der Waals surface area contributed by atoms with Crippen LogP contribution in [0.1, 0.15) is 17.5 Å². The lowest BCUT2D eigenvalue weighted by Gasteiger charge is -2.22. The van der Waals surface area contributed by atoms with Gasteiger partial charge in [-0.3, -0.25) is 0 Å². The van der Waals surface area contributed by atoms with Crippen LogP contribution in [-0.4, -0.2) is 50.8 Å². The second-order valence-electron chi connectivity index (χ2n) is 5.47. The number of sulfonamides is 1. The van der Waals surface area contributed by atoms with E-state index in [0.29, 0.717) is 25.2 Å². The molecule has 21 heavy (non-hydrogen) atoms. The summed E-state index contributed by atoms with van der Waals surface area (Å²) in [4.78, 5) is 2.13. The molecule has 0 saturated carbocycles. The predicted octanol–water partition coefficient (Wildman–Crippen LogP) is 0.919. The molecule has 0 unspecified atom stereocenters. The van der Waals surface area contributed by atoms with E-state index >= 15 is 0 Å². The summed E-state index contributed by atoms with van der Waals surface area (Å²) >= 11 is 0. The van der Waals surface area contributed by atoms with Gasteiger partial charge in [0.15, 0.2) is 0 Å².